The summed E-state index contributed by atoms with van der Waals surface area (Å²) in [4.78, 5) is 16.4. The van der Waals surface area contributed by atoms with Gasteiger partial charge in [-0.25, -0.2) is 9.97 Å². The molecule has 4 nitrogen and oxygen atoms in total. The van der Waals surface area contributed by atoms with Crippen LogP contribution in [0.5, 0.6) is 0 Å². The first-order chi connectivity index (χ1) is 30.2. The van der Waals surface area contributed by atoms with Gasteiger partial charge in [-0.2, -0.15) is 52.7 Å². The van der Waals surface area contributed by atoms with Gasteiger partial charge in [-0.3, -0.25) is 0 Å². The highest BCUT2D eigenvalue weighted by Crippen LogP contribution is 2.50. The van der Waals surface area contributed by atoms with E-state index in [9.17, 15) is 52.7 Å². The van der Waals surface area contributed by atoms with Crippen LogP contribution in [-0.2, 0) is 24.7 Å². The van der Waals surface area contributed by atoms with E-state index in [1.807, 2.05) is 0 Å². The van der Waals surface area contributed by atoms with Crippen LogP contribution in [0.3, 0.4) is 0 Å². The number of aromatic nitrogens is 4. The lowest BCUT2D eigenvalue weighted by Crippen LogP contribution is -2.05. The Bertz CT molecular complexity index is 3260. The Labute approximate surface area is 352 Å². The Kier molecular flexibility index (Phi) is 8.95. The number of H-pyrrole nitrogens is 2. The van der Waals surface area contributed by atoms with Gasteiger partial charge in [-0.15, -0.1) is 0 Å². The van der Waals surface area contributed by atoms with Gasteiger partial charge < -0.3 is 9.97 Å². The average molecular weight is 885 g/mol. The van der Waals surface area contributed by atoms with Crippen molar-refractivity contribution in [3.8, 4) is 44.5 Å². The van der Waals surface area contributed by atoms with Crippen molar-refractivity contribution in [2.24, 2.45) is 0 Å². The lowest BCUT2D eigenvalue weighted by molar-refractivity contribution is -0.138. The molecule has 3 aromatic heterocycles. The molecular formula is C48H24F12N4. The highest BCUT2D eigenvalue weighted by atomic mass is 19.4. The molecule has 16 heteroatoms. The van der Waals surface area contributed by atoms with Gasteiger partial charge in [-0.05, 0) is 119 Å². The summed E-state index contributed by atoms with van der Waals surface area (Å²) in [5.41, 5.74) is 1.29. The molecule has 0 spiro atoms. The van der Waals surface area contributed by atoms with E-state index in [4.69, 9.17) is 9.97 Å². The van der Waals surface area contributed by atoms with Crippen molar-refractivity contribution < 1.29 is 52.7 Å². The van der Waals surface area contributed by atoms with E-state index in [1.54, 1.807) is 42.5 Å². The fraction of sp³-hybridized carbons (Fsp3) is 0.0833. The Hall–Kier alpha value is -7.36. The van der Waals surface area contributed by atoms with Crippen LogP contribution in [-0.4, -0.2) is 19.9 Å². The van der Waals surface area contributed by atoms with Gasteiger partial charge in [0.05, 0.1) is 45.0 Å². The molecule has 0 saturated carbocycles. The van der Waals surface area contributed by atoms with Crippen molar-refractivity contribution in [1.29, 1.82) is 0 Å². The molecule has 0 amide bonds. The number of fused-ring (bicyclic) bond motifs is 11. The van der Waals surface area contributed by atoms with Gasteiger partial charge in [0, 0.05) is 49.9 Å². The van der Waals surface area contributed by atoms with Crippen molar-refractivity contribution in [1.82, 2.24) is 19.9 Å². The number of aromatic amines is 2. The Balaban J connectivity index is 1.35. The molecular weight excluding hydrogens is 861 g/mol. The van der Waals surface area contributed by atoms with Crippen LogP contribution in [0.25, 0.3) is 90.4 Å². The number of rotatable bonds is 3. The molecule has 2 N–H and O–H groups in total. The van der Waals surface area contributed by atoms with Crippen LogP contribution in [0.15, 0.2) is 115 Å². The third-order valence-electron chi connectivity index (χ3n) is 11.3. The number of hydrogen-bond donors (Lipinski definition) is 2. The van der Waals surface area contributed by atoms with E-state index in [2.05, 4.69) is 9.97 Å². The Morgan fingerprint density at radius 2 is 0.703 bits per heavy atom. The number of benzene rings is 4. The van der Waals surface area contributed by atoms with Gasteiger partial charge in [0.15, 0.2) is 0 Å². The van der Waals surface area contributed by atoms with Crippen LogP contribution >= 0.6 is 0 Å². The molecule has 0 radical (unpaired) electrons. The van der Waals surface area contributed by atoms with Crippen LogP contribution in [0.2, 0.25) is 0 Å². The second-order valence-electron chi connectivity index (χ2n) is 15.2. The van der Waals surface area contributed by atoms with Crippen molar-refractivity contribution in [3.63, 3.8) is 0 Å². The second-order valence-corrected chi connectivity index (χ2v) is 15.2. The molecule has 10 rings (SSSR count). The topological polar surface area (TPSA) is 57.4 Å². The first-order valence-corrected chi connectivity index (χ1v) is 19.2. The van der Waals surface area contributed by atoms with Crippen LogP contribution in [0.1, 0.15) is 50.6 Å². The maximum absolute atomic E-state index is 14.2. The molecule has 8 bridgehead atoms. The number of halogens is 12. The number of nitrogens with one attached hydrogen (secondary N) is 2. The average Bonchev–Trinajstić information content (AvgIpc) is 4.09. The molecule has 0 atom stereocenters. The summed E-state index contributed by atoms with van der Waals surface area (Å²) in [6.07, 6.45) is -14.0. The van der Waals surface area contributed by atoms with Gasteiger partial charge >= 0.3 is 24.7 Å². The minimum absolute atomic E-state index is 0.166. The first kappa shape index (κ1) is 40.7. The normalized spacial score (nSPS) is 13.7. The largest absolute Gasteiger partial charge is 0.416 e. The van der Waals surface area contributed by atoms with Crippen LogP contribution < -0.4 is 0 Å². The molecule has 5 heterocycles. The third kappa shape index (κ3) is 6.93. The van der Waals surface area contributed by atoms with E-state index < -0.39 is 47.0 Å². The van der Waals surface area contributed by atoms with Gasteiger partial charge in [-0.1, -0.05) is 42.5 Å². The summed E-state index contributed by atoms with van der Waals surface area (Å²) >= 11 is 0. The van der Waals surface area contributed by atoms with Crippen molar-refractivity contribution in [2.75, 3.05) is 0 Å². The molecule has 4 aromatic carbocycles. The van der Waals surface area contributed by atoms with E-state index in [-0.39, 0.29) is 61.7 Å². The van der Waals surface area contributed by atoms with Gasteiger partial charge in [0.1, 0.15) is 0 Å². The highest BCUT2D eigenvalue weighted by molar-refractivity contribution is 6.12. The standard InChI is InChI=1S/C48H24F12N4/c49-45(50,51)26-7-1-23(2-8-26)40-33-15-16-34(61-33)41(24-3-9-27(10-4-24)46(52,53)54)36-19-20-38(63-36)43-30-14-13-29(48(58,59)60)21-31(30)32-22-39(64-44(32)43)42(37-18-17-35(40)62-37)25-5-11-28(12-6-25)47(55,56)57/h1-22,62-63H. The monoisotopic (exact) mass is 884 g/mol. The zero-order chi connectivity index (χ0) is 45.1. The summed E-state index contributed by atoms with van der Waals surface area (Å²) in [6.45, 7) is 0. The summed E-state index contributed by atoms with van der Waals surface area (Å²) in [6, 6.07) is 22.5. The minimum Gasteiger partial charge on any atom is -0.354 e. The molecule has 320 valence electrons. The molecule has 0 unspecified atom stereocenters. The molecule has 64 heavy (non-hydrogen) atoms. The predicted octanol–water partition coefficient (Wildman–Crippen LogP) is 15.1. The van der Waals surface area contributed by atoms with E-state index >= 15 is 0 Å². The van der Waals surface area contributed by atoms with Crippen LogP contribution in [0.4, 0.5) is 52.7 Å². The smallest absolute Gasteiger partial charge is 0.354 e. The minimum atomic E-state index is -4.73. The quantitative estimate of drug-likeness (QED) is 0.174. The van der Waals surface area contributed by atoms with E-state index in [1.165, 1.54) is 42.5 Å². The van der Waals surface area contributed by atoms with Gasteiger partial charge in [0.2, 0.25) is 0 Å². The van der Waals surface area contributed by atoms with Crippen molar-refractivity contribution in [2.45, 2.75) is 24.7 Å². The predicted molar refractivity (Wildman–Crippen MR) is 219 cm³/mol. The molecule has 0 fully saturated rings. The molecule has 3 aliphatic rings. The second kappa shape index (κ2) is 14.1. The zero-order valence-electron chi connectivity index (χ0n) is 32.1. The maximum atomic E-state index is 14.2. The SMILES string of the molecule is FC(F)(F)c1ccc(-c2c3nc(c(-c4ccc(C(F)(F)F)cc4)c4ccc([nH]4)c4c5nc(c(-c6ccc(C(F)(F)F)cc6)c6ccc2[nH]6)C=C5c2cc(C(F)(F)F)ccc2-4)C=C3)cc1. The Morgan fingerprint density at radius 1 is 0.344 bits per heavy atom. The fourth-order valence-electron chi connectivity index (χ4n) is 8.32. The number of alkyl halides is 12. The Morgan fingerprint density at radius 3 is 1.09 bits per heavy atom. The number of hydrogen-bond acceptors (Lipinski definition) is 2. The highest BCUT2D eigenvalue weighted by Gasteiger charge is 2.37. The third-order valence-corrected chi connectivity index (χ3v) is 11.3. The molecule has 7 aromatic rings. The van der Waals surface area contributed by atoms with Crippen LogP contribution in [0, 0.1) is 0 Å². The molecule has 0 saturated heterocycles. The molecule has 1 aliphatic carbocycles. The summed E-state index contributed by atoms with van der Waals surface area (Å²) < 4.78 is 166. The summed E-state index contributed by atoms with van der Waals surface area (Å²) in [5.74, 6) is 0. The summed E-state index contributed by atoms with van der Waals surface area (Å²) in [5, 5.41) is 0. The number of nitrogens with zero attached hydrogens (tertiary/aromatic N) is 2. The lowest BCUT2D eigenvalue weighted by atomic mass is 9.99. The lowest BCUT2D eigenvalue weighted by Gasteiger charge is -2.10. The maximum Gasteiger partial charge on any atom is 0.416 e. The summed E-state index contributed by atoms with van der Waals surface area (Å²) in [7, 11) is 0. The van der Waals surface area contributed by atoms with Crippen molar-refractivity contribution in [3.05, 3.63) is 166 Å². The fourth-order valence-corrected chi connectivity index (χ4v) is 8.32. The van der Waals surface area contributed by atoms with Gasteiger partial charge in [0.25, 0.3) is 0 Å². The molecule has 2 aliphatic heterocycles. The van der Waals surface area contributed by atoms with E-state index in [0.29, 0.717) is 38.8 Å². The van der Waals surface area contributed by atoms with E-state index in [0.717, 1.165) is 48.5 Å². The zero-order valence-corrected chi connectivity index (χ0v) is 32.1. The van der Waals surface area contributed by atoms with Crippen molar-refractivity contribution >= 4 is 45.9 Å². The first-order valence-electron chi connectivity index (χ1n) is 19.2.